The summed E-state index contributed by atoms with van der Waals surface area (Å²) in [5, 5.41) is 3.35. The van der Waals surface area contributed by atoms with Crippen LogP contribution in [0.3, 0.4) is 0 Å². The zero-order valence-electron chi connectivity index (χ0n) is 13.1. The molecule has 1 unspecified atom stereocenters. The fourth-order valence-electron chi connectivity index (χ4n) is 2.93. The van der Waals surface area contributed by atoms with E-state index in [1.54, 1.807) is 0 Å². The van der Waals surface area contributed by atoms with Crippen LogP contribution in [-0.4, -0.2) is 49.2 Å². The van der Waals surface area contributed by atoms with Gasteiger partial charge in [0.05, 0.1) is 5.69 Å². The summed E-state index contributed by atoms with van der Waals surface area (Å²) in [6.45, 7) is 9.75. The van der Waals surface area contributed by atoms with Gasteiger partial charge in [-0.3, -0.25) is 4.98 Å². The third-order valence-corrected chi connectivity index (χ3v) is 4.06. The lowest BCUT2D eigenvalue weighted by molar-refractivity contribution is 0.328. The molecule has 1 saturated heterocycles. The molecule has 112 valence electrons. The molecular formula is C16H28N4. The topological polar surface area (TPSA) is 31.4 Å². The Hall–Kier alpha value is -1.13. The van der Waals surface area contributed by atoms with E-state index in [1.165, 1.54) is 25.1 Å². The fourth-order valence-corrected chi connectivity index (χ4v) is 2.93. The summed E-state index contributed by atoms with van der Waals surface area (Å²) in [4.78, 5) is 9.48. The molecule has 2 heterocycles. The Morgan fingerprint density at radius 2 is 2.20 bits per heavy atom. The van der Waals surface area contributed by atoms with Gasteiger partial charge in [0, 0.05) is 37.6 Å². The van der Waals surface area contributed by atoms with Crippen LogP contribution in [-0.2, 0) is 6.54 Å². The number of aromatic nitrogens is 1. The van der Waals surface area contributed by atoms with Gasteiger partial charge in [-0.05, 0) is 45.1 Å². The lowest BCUT2D eigenvalue weighted by atomic mass is 10.1. The number of nitrogens with zero attached hydrogens (tertiary/aromatic N) is 3. The van der Waals surface area contributed by atoms with Gasteiger partial charge in [0.2, 0.25) is 0 Å². The minimum absolute atomic E-state index is 0.608. The normalized spacial score (nSPS) is 20.9. The second-order valence-electron chi connectivity index (χ2n) is 5.66. The molecule has 1 N–H and O–H groups in total. The van der Waals surface area contributed by atoms with Crippen molar-refractivity contribution in [1.29, 1.82) is 0 Å². The number of hydrogen-bond donors (Lipinski definition) is 1. The number of rotatable bonds is 5. The van der Waals surface area contributed by atoms with E-state index in [4.69, 9.17) is 0 Å². The summed E-state index contributed by atoms with van der Waals surface area (Å²) in [5.74, 6) is 0. The summed E-state index contributed by atoms with van der Waals surface area (Å²) in [7, 11) is 2.23. The number of pyridine rings is 1. The average molecular weight is 276 g/mol. The van der Waals surface area contributed by atoms with E-state index in [9.17, 15) is 0 Å². The first-order valence-corrected chi connectivity index (χ1v) is 7.85. The highest BCUT2D eigenvalue weighted by Gasteiger charge is 2.22. The summed E-state index contributed by atoms with van der Waals surface area (Å²) >= 11 is 0. The van der Waals surface area contributed by atoms with Crippen molar-refractivity contribution in [2.75, 3.05) is 38.1 Å². The second kappa shape index (κ2) is 7.60. The van der Waals surface area contributed by atoms with Gasteiger partial charge in [-0.1, -0.05) is 13.8 Å². The Bertz CT molecular complexity index is 407. The second-order valence-corrected chi connectivity index (χ2v) is 5.66. The van der Waals surface area contributed by atoms with Crippen molar-refractivity contribution in [3.8, 4) is 0 Å². The molecule has 1 aliphatic rings. The van der Waals surface area contributed by atoms with Crippen molar-refractivity contribution >= 4 is 5.69 Å². The minimum atomic E-state index is 0.608. The smallest absolute Gasteiger partial charge is 0.0562 e. The average Bonchev–Trinajstić information content (AvgIpc) is 2.66. The SMILES string of the molecule is CCNCc1cc(N2CCCN(C)CC2CC)ccn1. The molecule has 1 fully saturated rings. The molecule has 0 spiro atoms. The molecule has 0 aliphatic carbocycles. The quantitative estimate of drug-likeness (QED) is 0.892. The number of anilines is 1. The number of hydrogen-bond acceptors (Lipinski definition) is 4. The van der Waals surface area contributed by atoms with Gasteiger partial charge >= 0.3 is 0 Å². The highest BCUT2D eigenvalue weighted by molar-refractivity contribution is 5.48. The monoisotopic (exact) mass is 276 g/mol. The predicted octanol–water partition coefficient (Wildman–Crippen LogP) is 2.11. The van der Waals surface area contributed by atoms with Crippen molar-refractivity contribution < 1.29 is 0 Å². The highest BCUT2D eigenvalue weighted by atomic mass is 15.2. The van der Waals surface area contributed by atoms with Crippen LogP contribution in [0, 0.1) is 0 Å². The lowest BCUT2D eigenvalue weighted by Gasteiger charge is -2.32. The van der Waals surface area contributed by atoms with Gasteiger partial charge in [-0.25, -0.2) is 0 Å². The number of likely N-dealkylation sites (N-methyl/N-ethyl adjacent to an activating group) is 1. The summed E-state index contributed by atoms with van der Waals surface area (Å²) in [6, 6.07) is 5.01. The van der Waals surface area contributed by atoms with E-state index in [-0.39, 0.29) is 0 Å². The van der Waals surface area contributed by atoms with E-state index >= 15 is 0 Å². The van der Waals surface area contributed by atoms with E-state index in [1.807, 2.05) is 6.20 Å². The van der Waals surface area contributed by atoms with Crippen molar-refractivity contribution in [3.63, 3.8) is 0 Å². The van der Waals surface area contributed by atoms with Crippen LogP contribution >= 0.6 is 0 Å². The maximum atomic E-state index is 4.46. The molecule has 4 nitrogen and oxygen atoms in total. The Kier molecular flexibility index (Phi) is 5.80. The van der Waals surface area contributed by atoms with Crippen LogP contribution in [0.25, 0.3) is 0 Å². The first-order valence-electron chi connectivity index (χ1n) is 7.85. The van der Waals surface area contributed by atoms with E-state index in [0.717, 1.165) is 31.9 Å². The van der Waals surface area contributed by atoms with Crippen molar-refractivity contribution in [1.82, 2.24) is 15.2 Å². The van der Waals surface area contributed by atoms with Crippen LogP contribution in [0.2, 0.25) is 0 Å². The predicted molar refractivity (Wildman–Crippen MR) is 85.2 cm³/mol. The van der Waals surface area contributed by atoms with Gasteiger partial charge in [-0.2, -0.15) is 0 Å². The minimum Gasteiger partial charge on any atom is -0.367 e. The molecule has 1 aliphatic heterocycles. The zero-order valence-corrected chi connectivity index (χ0v) is 13.1. The third-order valence-electron chi connectivity index (χ3n) is 4.06. The summed E-state index contributed by atoms with van der Waals surface area (Å²) in [5.41, 5.74) is 2.46. The highest BCUT2D eigenvalue weighted by Crippen LogP contribution is 2.22. The van der Waals surface area contributed by atoms with Crippen LogP contribution < -0.4 is 10.2 Å². The van der Waals surface area contributed by atoms with E-state index in [0.29, 0.717) is 6.04 Å². The number of nitrogens with one attached hydrogen (secondary N) is 1. The van der Waals surface area contributed by atoms with Crippen LogP contribution in [0.15, 0.2) is 18.3 Å². The fraction of sp³-hybridized carbons (Fsp3) is 0.688. The van der Waals surface area contributed by atoms with Gasteiger partial charge in [-0.15, -0.1) is 0 Å². The van der Waals surface area contributed by atoms with Crippen LogP contribution in [0.5, 0.6) is 0 Å². The maximum Gasteiger partial charge on any atom is 0.0562 e. The Morgan fingerprint density at radius 1 is 1.35 bits per heavy atom. The molecule has 1 aromatic rings. The van der Waals surface area contributed by atoms with Crippen molar-refractivity contribution in [2.24, 2.45) is 0 Å². The third kappa shape index (κ3) is 3.93. The molecule has 20 heavy (non-hydrogen) atoms. The molecular weight excluding hydrogens is 248 g/mol. The largest absolute Gasteiger partial charge is 0.367 e. The first-order chi connectivity index (χ1) is 9.74. The Balaban J connectivity index is 2.15. The molecule has 0 aromatic carbocycles. The van der Waals surface area contributed by atoms with Gasteiger partial charge in [0.25, 0.3) is 0 Å². The molecule has 4 heteroatoms. The van der Waals surface area contributed by atoms with E-state index < -0.39 is 0 Å². The molecule has 0 radical (unpaired) electrons. The molecule has 0 amide bonds. The Labute approximate surface area is 123 Å². The summed E-state index contributed by atoms with van der Waals surface area (Å²) < 4.78 is 0. The first kappa shape index (κ1) is 15.3. The van der Waals surface area contributed by atoms with Gasteiger partial charge in [0.1, 0.15) is 0 Å². The van der Waals surface area contributed by atoms with Crippen LogP contribution in [0.4, 0.5) is 5.69 Å². The van der Waals surface area contributed by atoms with Gasteiger partial charge < -0.3 is 15.1 Å². The lowest BCUT2D eigenvalue weighted by Crippen LogP contribution is -2.39. The summed E-state index contributed by atoms with van der Waals surface area (Å²) in [6.07, 6.45) is 4.37. The molecule has 0 saturated carbocycles. The van der Waals surface area contributed by atoms with Crippen molar-refractivity contribution in [2.45, 2.75) is 39.3 Å². The molecule has 0 bridgehead atoms. The Morgan fingerprint density at radius 3 is 2.95 bits per heavy atom. The zero-order chi connectivity index (χ0) is 14.4. The molecule has 2 rings (SSSR count). The van der Waals surface area contributed by atoms with Crippen molar-refractivity contribution in [3.05, 3.63) is 24.0 Å². The molecule has 1 atom stereocenters. The van der Waals surface area contributed by atoms with Gasteiger partial charge in [0.15, 0.2) is 0 Å². The standard InChI is InChI=1S/C16H28N4/c1-4-15-13-19(3)9-6-10-20(15)16-7-8-18-14(11-16)12-17-5-2/h7-8,11,15,17H,4-6,9-10,12-13H2,1-3H3. The van der Waals surface area contributed by atoms with Crippen LogP contribution in [0.1, 0.15) is 32.4 Å². The molecule has 1 aromatic heterocycles. The van der Waals surface area contributed by atoms with E-state index in [2.05, 4.69) is 53.1 Å². The maximum absolute atomic E-state index is 4.46.